The molecule has 0 N–H and O–H groups in total. The first kappa shape index (κ1) is 8.91. The van der Waals surface area contributed by atoms with Crippen LogP contribution in [-0.2, 0) is 4.79 Å². The summed E-state index contributed by atoms with van der Waals surface area (Å²) in [4.78, 5) is 13.2. The molecule has 1 rings (SSSR count). The number of thioether (sulfide) groups is 1. The van der Waals surface area contributed by atoms with Crippen molar-refractivity contribution in [2.45, 2.75) is 12.8 Å². The zero-order valence-electron chi connectivity index (χ0n) is 6.71. The van der Waals surface area contributed by atoms with Crippen molar-refractivity contribution < 1.29 is 4.79 Å². The predicted octanol–water partition coefficient (Wildman–Crippen LogP) is 1.18. The summed E-state index contributed by atoms with van der Waals surface area (Å²) >= 11 is 1.92. The Balaban J connectivity index is 2.27. The third-order valence-electron chi connectivity index (χ3n) is 1.75. The van der Waals surface area contributed by atoms with Crippen LogP contribution < -0.4 is 0 Å². The van der Waals surface area contributed by atoms with Crippen molar-refractivity contribution in [1.82, 2.24) is 4.90 Å². The number of nitrogens with zero attached hydrogens (tertiary/aromatic N) is 1. The molecule has 1 amide bonds. The van der Waals surface area contributed by atoms with Gasteiger partial charge in [0.25, 0.3) is 0 Å². The maximum atomic E-state index is 11.3. The lowest BCUT2D eigenvalue weighted by atomic mass is 10.3. The zero-order valence-corrected chi connectivity index (χ0v) is 7.53. The quantitative estimate of drug-likeness (QED) is 0.623. The van der Waals surface area contributed by atoms with E-state index in [-0.39, 0.29) is 5.91 Å². The molecular weight excluding hydrogens is 158 g/mol. The number of carbonyl (C=O) groups excluding carboxylic acids is 1. The fourth-order valence-corrected chi connectivity index (χ4v) is 2.03. The summed E-state index contributed by atoms with van der Waals surface area (Å²) in [6.45, 7) is 5.54. The smallest absolute Gasteiger partial charge is 0.222 e. The predicted molar refractivity (Wildman–Crippen MR) is 48.5 cm³/mol. The number of hydrogen-bond acceptors (Lipinski definition) is 2. The van der Waals surface area contributed by atoms with E-state index in [0.29, 0.717) is 6.42 Å². The van der Waals surface area contributed by atoms with Crippen molar-refractivity contribution in [3.63, 3.8) is 0 Å². The van der Waals surface area contributed by atoms with Crippen molar-refractivity contribution in [1.29, 1.82) is 0 Å². The van der Waals surface area contributed by atoms with Gasteiger partial charge in [0, 0.05) is 31.0 Å². The SMILES string of the molecule is [CH2]CCC(=O)N1CCSCC1. The van der Waals surface area contributed by atoms with Crippen LogP contribution in [-0.4, -0.2) is 35.4 Å². The average Bonchev–Trinajstić information content (AvgIpc) is 2.07. The zero-order chi connectivity index (χ0) is 8.10. The van der Waals surface area contributed by atoms with E-state index in [1.165, 1.54) is 0 Å². The van der Waals surface area contributed by atoms with Gasteiger partial charge in [-0.2, -0.15) is 11.8 Å². The van der Waals surface area contributed by atoms with Gasteiger partial charge in [0.05, 0.1) is 0 Å². The van der Waals surface area contributed by atoms with Gasteiger partial charge in [-0.1, -0.05) is 6.92 Å². The first-order valence-corrected chi connectivity index (χ1v) is 5.15. The monoisotopic (exact) mass is 172 g/mol. The first-order chi connectivity index (χ1) is 5.34. The minimum atomic E-state index is 0.278. The number of hydrogen-bond donors (Lipinski definition) is 0. The summed E-state index contributed by atoms with van der Waals surface area (Å²) in [5, 5.41) is 0. The summed E-state index contributed by atoms with van der Waals surface area (Å²) in [7, 11) is 0. The number of amides is 1. The van der Waals surface area contributed by atoms with Crippen molar-refractivity contribution in [2.24, 2.45) is 0 Å². The van der Waals surface area contributed by atoms with Gasteiger partial charge in [-0.15, -0.1) is 0 Å². The van der Waals surface area contributed by atoms with E-state index in [1.54, 1.807) is 0 Å². The third-order valence-corrected chi connectivity index (χ3v) is 2.70. The van der Waals surface area contributed by atoms with Gasteiger partial charge >= 0.3 is 0 Å². The molecule has 63 valence electrons. The second-order valence-electron chi connectivity index (χ2n) is 2.60. The molecule has 0 bridgehead atoms. The molecule has 0 atom stereocenters. The van der Waals surface area contributed by atoms with Gasteiger partial charge < -0.3 is 4.90 Å². The topological polar surface area (TPSA) is 20.3 Å². The lowest BCUT2D eigenvalue weighted by Gasteiger charge is -2.26. The van der Waals surface area contributed by atoms with Crippen LogP contribution in [0.15, 0.2) is 0 Å². The van der Waals surface area contributed by atoms with E-state index < -0.39 is 0 Å². The van der Waals surface area contributed by atoms with Crippen LogP contribution >= 0.6 is 11.8 Å². The Morgan fingerprint density at radius 1 is 1.45 bits per heavy atom. The molecule has 11 heavy (non-hydrogen) atoms. The molecule has 1 aliphatic rings. The van der Waals surface area contributed by atoms with E-state index in [9.17, 15) is 4.79 Å². The highest BCUT2D eigenvalue weighted by atomic mass is 32.2. The molecule has 3 heteroatoms. The van der Waals surface area contributed by atoms with E-state index in [4.69, 9.17) is 0 Å². The summed E-state index contributed by atoms with van der Waals surface area (Å²) < 4.78 is 0. The molecule has 0 spiro atoms. The normalized spacial score (nSPS) is 18.5. The molecule has 1 radical (unpaired) electrons. The molecule has 0 saturated carbocycles. The molecule has 1 saturated heterocycles. The highest BCUT2D eigenvalue weighted by Crippen LogP contribution is 2.10. The lowest BCUT2D eigenvalue weighted by molar-refractivity contribution is -0.130. The molecule has 0 aromatic carbocycles. The third kappa shape index (κ3) is 2.73. The largest absolute Gasteiger partial charge is 0.341 e. The van der Waals surface area contributed by atoms with Crippen LogP contribution in [0.3, 0.4) is 0 Å². The molecule has 0 aromatic heterocycles. The van der Waals surface area contributed by atoms with E-state index in [0.717, 1.165) is 31.0 Å². The van der Waals surface area contributed by atoms with Gasteiger partial charge in [0.15, 0.2) is 0 Å². The Labute approximate surface area is 72.3 Å². The van der Waals surface area contributed by atoms with Crippen molar-refractivity contribution in [3.05, 3.63) is 6.92 Å². The summed E-state index contributed by atoms with van der Waals surface area (Å²) in [5.41, 5.74) is 0. The lowest BCUT2D eigenvalue weighted by Crippen LogP contribution is -2.37. The molecular formula is C8H14NOS. The van der Waals surface area contributed by atoms with Crippen LogP contribution in [0.5, 0.6) is 0 Å². The Bertz CT molecular complexity index is 132. The summed E-state index contributed by atoms with van der Waals surface area (Å²) in [5.74, 6) is 2.48. The molecule has 1 heterocycles. The van der Waals surface area contributed by atoms with Gasteiger partial charge in [0.1, 0.15) is 0 Å². The summed E-state index contributed by atoms with van der Waals surface area (Å²) in [6, 6.07) is 0. The van der Waals surface area contributed by atoms with Crippen molar-refractivity contribution in [3.8, 4) is 0 Å². The fraction of sp³-hybridized carbons (Fsp3) is 0.750. The highest BCUT2D eigenvalue weighted by Gasteiger charge is 2.14. The maximum Gasteiger partial charge on any atom is 0.222 e. The van der Waals surface area contributed by atoms with E-state index in [2.05, 4.69) is 6.92 Å². The standard InChI is InChI=1S/C8H14NOS/c1-2-3-8(10)9-4-6-11-7-5-9/h1-7H2. The molecule has 2 nitrogen and oxygen atoms in total. The Morgan fingerprint density at radius 2 is 2.09 bits per heavy atom. The van der Waals surface area contributed by atoms with E-state index >= 15 is 0 Å². The van der Waals surface area contributed by atoms with Gasteiger partial charge in [-0.05, 0) is 6.42 Å². The second kappa shape index (κ2) is 4.65. The van der Waals surface area contributed by atoms with Crippen LogP contribution in [0.4, 0.5) is 0 Å². The van der Waals surface area contributed by atoms with E-state index in [1.807, 2.05) is 16.7 Å². The van der Waals surface area contributed by atoms with Crippen LogP contribution in [0.2, 0.25) is 0 Å². The molecule has 0 aliphatic carbocycles. The maximum absolute atomic E-state index is 11.3. The second-order valence-corrected chi connectivity index (χ2v) is 3.82. The van der Waals surface area contributed by atoms with Gasteiger partial charge in [-0.25, -0.2) is 0 Å². The number of rotatable bonds is 2. The van der Waals surface area contributed by atoms with Gasteiger partial charge in [0.2, 0.25) is 5.91 Å². The van der Waals surface area contributed by atoms with Gasteiger partial charge in [-0.3, -0.25) is 4.79 Å². The Hall–Kier alpha value is -0.180. The molecule has 0 unspecified atom stereocenters. The first-order valence-electron chi connectivity index (χ1n) is 3.99. The van der Waals surface area contributed by atoms with Crippen molar-refractivity contribution >= 4 is 17.7 Å². The fourth-order valence-electron chi connectivity index (χ4n) is 1.12. The number of carbonyl (C=O) groups is 1. The van der Waals surface area contributed by atoms with Crippen LogP contribution in [0, 0.1) is 6.92 Å². The minimum Gasteiger partial charge on any atom is -0.341 e. The Morgan fingerprint density at radius 3 is 2.64 bits per heavy atom. The highest BCUT2D eigenvalue weighted by molar-refractivity contribution is 7.99. The van der Waals surface area contributed by atoms with Crippen LogP contribution in [0.1, 0.15) is 12.8 Å². The van der Waals surface area contributed by atoms with Crippen LogP contribution in [0.25, 0.3) is 0 Å². The molecule has 1 fully saturated rings. The Kier molecular flexibility index (Phi) is 3.77. The molecule has 0 aromatic rings. The average molecular weight is 172 g/mol. The summed E-state index contributed by atoms with van der Waals surface area (Å²) in [6.07, 6.45) is 1.34. The van der Waals surface area contributed by atoms with Crippen molar-refractivity contribution in [2.75, 3.05) is 24.6 Å². The minimum absolute atomic E-state index is 0.278. The molecule has 1 aliphatic heterocycles.